The van der Waals surface area contributed by atoms with Gasteiger partial charge in [0.2, 0.25) is 0 Å². The molecule has 1 unspecified atom stereocenters. The van der Waals surface area contributed by atoms with Crippen molar-refractivity contribution in [3.05, 3.63) is 24.0 Å². The third-order valence-electron chi connectivity index (χ3n) is 5.76. The van der Waals surface area contributed by atoms with Gasteiger partial charge in [0, 0.05) is 25.6 Å². The summed E-state index contributed by atoms with van der Waals surface area (Å²) in [6, 6.07) is 4.87. The SMILES string of the molecule is CCC1(CCC(C)CC(=O)O)CCN(c2cc(OC)ccc2F)CC1. The molecule has 1 fully saturated rings. The lowest BCUT2D eigenvalue weighted by molar-refractivity contribution is -0.138. The summed E-state index contributed by atoms with van der Waals surface area (Å²) in [5.41, 5.74) is 0.863. The molecule has 4 nitrogen and oxygen atoms in total. The fourth-order valence-electron chi connectivity index (χ4n) is 3.82. The number of carbonyl (C=O) groups is 1. The van der Waals surface area contributed by atoms with E-state index < -0.39 is 5.97 Å². The maximum absolute atomic E-state index is 14.2. The van der Waals surface area contributed by atoms with Gasteiger partial charge < -0.3 is 14.7 Å². The van der Waals surface area contributed by atoms with E-state index in [9.17, 15) is 9.18 Å². The molecule has 1 aliphatic heterocycles. The van der Waals surface area contributed by atoms with E-state index in [1.165, 1.54) is 6.07 Å². The van der Waals surface area contributed by atoms with Gasteiger partial charge in [0.25, 0.3) is 0 Å². The minimum Gasteiger partial charge on any atom is -0.497 e. The molecule has 1 aliphatic rings. The number of carboxylic acids is 1. The number of benzene rings is 1. The summed E-state index contributed by atoms with van der Waals surface area (Å²) >= 11 is 0. The Labute approximate surface area is 150 Å². The largest absolute Gasteiger partial charge is 0.497 e. The predicted molar refractivity (Wildman–Crippen MR) is 97.8 cm³/mol. The molecule has 0 saturated carbocycles. The van der Waals surface area contributed by atoms with Crippen molar-refractivity contribution in [2.75, 3.05) is 25.1 Å². The molecule has 1 heterocycles. The first-order chi connectivity index (χ1) is 11.9. The van der Waals surface area contributed by atoms with Crippen LogP contribution in [-0.2, 0) is 4.79 Å². The highest BCUT2D eigenvalue weighted by molar-refractivity contribution is 5.66. The number of hydrogen-bond acceptors (Lipinski definition) is 3. The van der Waals surface area contributed by atoms with Crippen molar-refractivity contribution >= 4 is 11.7 Å². The number of hydrogen-bond donors (Lipinski definition) is 1. The molecule has 0 radical (unpaired) electrons. The van der Waals surface area contributed by atoms with Gasteiger partial charge in [-0.2, -0.15) is 0 Å². The first-order valence-corrected chi connectivity index (χ1v) is 9.19. The quantitative estimate of drug-likeness (QED) is 0.736. The second kappa shape index (κ2) is 8.54. The van der Waals surface area contributed by atoms with Gasteiger partial charge in [0.15, 0.2) is 0 Å². The molecule has 1 atom stereocenters. The molecule has 25 heavy (non-hydrogen) atoms. The minimum atomic E-state index is -0.721. The Bertz CT molecular complexity index is 582. The number of rotatable bonds is 8. The number of ether oxygens (including phenoxy) is 1. The molecule has 5 heteroatoms. The summed E-state index contributed by atoms with van der Waals surface area (Å²) in [4.78, 5) is 12.9. The van der Waals surface area contributed by atoms with E-state index in [4.69, 9.17) is 9.84 Å². The van der Waals surface area contributed by atoms with Crippen molar-refractivity contribution < 1.29 is 19.0 Å². The minimum absolute atomic E-state index is 0.204. The lowest BCUT2D eigenvalue weighted by atomic mass is 9.71. The lowest BCUT2D eigenvalue weighted by Crippen LogP contribution is -2.40. The van der Waals surface area contributed by atoms with Crippen LogP contribution >= 0.6 is 0 Å². The van der Waals surface area contributed by atoms with Gasteiger partial charge >= 0.3 is 5.97 Å². The van der Waals surface area contributed by atoms with Crippen molar-refractivity contribution in [2.24, 2.45) is 11.3 Å². The number of anilines is 1. The summed E-state index contributed by atoms with van der Waals surface area (Å²) in [5, 5.41) is 8.92. The number of aliphatic carboxylic acids is 1. The van der Waals surface area contributed by atoms with Crippen molar-refractivity contribution in [1.29, 1.82) is 0 Å². The summed E-state index contributed by atoms with van der Waals surface area (Å²) in [7, 11) is 1.59. The molecule has 1 aromatic carbocycles. The molecule has 1 N–H and O–H groups in total. The number of methoxy groups -OCH3 is 1. The average Bonchev–Trinajstić information content (AvgIpc) is 2.60. The third kappa shape index (κ3) is 5.10. The molecule has 140 valence electrons. The molecule has 0 amide bonds. The van der Waals surface area contributed by atoms with E-state index in [1.54, 1.807) is 19.2 Å². The molecule has 2 rings (SSSR count). The maximum Gasteiger partial charge on any atom is 0.303 e. The Morgan fingerprint density at radius 2 is 2.08 bits per heavy atom. The van der Waals surface area contributed by atoms with Gasteiger partial charge in [-0.15, -0.1) is 0 Å². The van der Waals surface area contributed by atoms with Gasteiger partial charge in [0.05, 0.1) is 12.8 Å². The van der Waals surface area contributed by atoms with Crippen LogP contribution in [0.2, 0.25) is 0 Å². The Morgan fingerprint density at radius 1 is 1.40 bits per heavy atom. The maximum atomic E-state index is 14.2. The predicted octanol–water partition coefficient (Wildman–Crippen LogP) is 4.72. The zero-order chi connectivity index (χ0) is 18.4. The summed E-state index contributed by atoms with van der Waals surface area (Å²) < 4.78 is 19.4. The van der Waals surface area contributed by atoms with Crippen LogP contribution in [0.4, 0.5) is 10.1 Å². The fraction of sp³-hybridized carbons (Fsp3) is 0.650. The molecule has 0 aromatic heterocycles. The number of nitrogens with zero attached hydrogens (tertiary/aromatic N) is 1. The van der Waals surface area contributed by atoms with Gasteiger partial charge in [-0.1, -0.05) is 20.3 Å². The van der Waals surface area contributed by atoms with Crippen LogP contribution in [0.3, 0.4) is 0 Å². The van der Waals surface area contributed by atoms with Crippen LogP contribution in [0.5, 0.6) is 5.75 Å². The molecular formula is C20H30FNO3. The number of piperidine rings is 1. The summed E-state index contributed by atoms with van der Waals surface area (Å²) in [6.45, 7) is 5.87. The Balaban J connectivity index is 1.97. The standard InChI is InChI=1S/C20H30FNO3/c1-4-20(8-7-15(2)13-19(23)24)9-11-22(12-10-20)18-14-16(25-3)5-6-17(18)21/h5-6,14-15H,4,7-13H2,1-3H3,(H,23,24). The second-order valence-electron chi connectivity index (χ2n) is 7.40. The van der Waals surface area contributed by atoms with Gasteiger partial charge in [0.1, 0.15) is 11.6 Å². The van der Waals surface area contributed by atoms with Crippen LogP contribution in [0.15, 0.2) is 18.2 Å². The lowest BCUT2D eigenvalue weighted by Gasteiger charge is -2.43. The zero-order valence-electron chi connectivity index (χ0n) is 15.6. The van der Waals surface area contributed by atoms with Crippen molar-refractivity contribution in [3.63, 3.8) is 0 Å². The van der Waals surface area contributed by atoms with E-state index in [2.05, 4.69) is 11.8 Å². The van der Waals surface area contributed by atoms with Crippen LogP contribution in [0.1, 0.15) is 52.4 Å². The molecule has 0 aliphatic carbocycles. The highest BCUT2D eigenvalue weighted by atomic mass is 19.1. The monoisotopic (exact) mass is 351 g/mol. The molecule has 0 bridgehead atoms. The third-order valence-corrected chi connectivity index (χ3v) is 5.76. The molecule has 1 saturated heterocycles. The van der Waals surface area contributed by atoms with E-state index in [1.807, 2.05) is 6.92 Å². The summed E-state index contributed by atoms with van der Waals surface area (Å²) in [5.74, 6) is -0.0535. The van der Waals surface area contributed by atoms with E-state index in [0.717, 1.165) is 45.2 Å². The fourth-order valence-corrected chi connectivity index (χ4v) is 3.82. The van der Waals surface area contributed by atoms with Gasteiger partial charge in [-0.3, -0.25) is 4.79 Å². The molecule has 1 aromatic rings. The normalized spacial score (nSPS) is 18.0. The van der Waals surface area contributed by atoms with Crippen molar-refractivity contribution in [1.82, 2.24) is 0 Å². The Morgan fingerprint density at radius 3 is 2.64 bits per heavy atom. The average molecular weight is 351 g/mol. The molecule has 0 spiro atoms. The zero-order valence-corrected chi connectivity index (χ0v) is 15.6. The Kier molecular flexibility index (Phi) is 6.68. The van der Waals surface area contributed by atoms with Crippen LogP contribution < -0.4 is 9.64 Å². The van der Waals surface area contributed by atoms with E-state index in [0.29, 0.717) is 11.4 Å². The smallest absolute Gasteiger partial charge is 0.303 e. The highest BCUT2D eigenvalue weighted by Gasteiger charge is 2.33. The second-order valence-corrected chi connectivity index (χ2v) is 7.40. The number of halogens is 1. The van der Waals surface area contributed by atoms with Crippen LogP contribution in [0.25, 0.3) is 0 Å². The summed E-state index contributed by atoms with van der Waals surface area (Å²) in [6.07, 6.45) is 5.34. The first kappa shape index (κ1) is 19.5. The van der Waals surface area contributed by atoms with Crippen LogP contribution in [0, 0.1) is 17.2 Å². The van der Waals surface area contributed by atoms with E-state index in [-0.39, 0.29) is 23.6 Å². The van der Waals surface area contributed by atoms with E-state index >= 15 is 0 Å². The van der Waals surface area contributed by atoms with Gasteiger partial charge in [-0.25, -0.2) is 4.39 Å². The topological polar surface area (TPSA) is 49.8 Å². The number of carboxylic acid groups (broad SMARTS) is 1. The highest BCUT2D eigenvalue weighted by Crippen LogP contribution is 2.42. The van der Waals surface area contributed by atoms with Crippen LogP contribution in [-0.4, -0.2) is 31.3 Å². The van der Waals surface area contributed by atoms with Crippen molar-refractivity contribution in [2.45, 2.75) is 52.4 Å². The van der Waals surface area contributed by atoms with Crippen molar-refractivity contribution in [3.8, 4) is 5.75 Å². The molecular weight excluding hydrogens is 321 g/mol. The van der Waals surface area contributed by atoms with Gasteiger partial charge in [-0.05, 0) is 49.1 Å². The first-order valence-electron chi connectivity index (χ1n) is 9.19. The Hall–Kier alpha value is -1.78.